The second kappa shape index (κ2) is 6.73. The van der Waals surface area contributed by atoms with Crippen LogP contribution in [0.3, 0.4) is 0 Å². The molecule has 1 aromatic rings. The second-order valence-electron chi connectivity index (χ2n) is 6.20. The van der Waals surface area contributed by atoms with E-state index in [1.165, 1.54) is 0 Å². The summed E-state index contributed by atoms with van der Waals surface area (Å²) in [6, 6.07) is -0.638. The Kier molecular flexibility index (Phi) is 4.96. The Morgan fingerprint density at radius 3 is 2.95 bits per heavy atom. The summed E-state index contributed by atoms with van der Waals surface area (Å²) in [6.45, 7) is 6.62. The molecule has 2 heterocycles. The first kappa shape index (κ1) is 16.2. The molecular weight excluding hydrogens is 282 g/mol. The van der Waals surface area contributed by atoms with E-state index in [1.54, 1.807) is 12.5 Å². The molecule has 1 aliphatic heterocycles. The molecule has 1 fully saturated rings. The lowest BCUT2D eigenvalue weighted by molar-refractivity contribution is -0.158. The van der Waals surface area contributed by atoms with Gasteiger partial charge in [0.2, 0.25) is 0 Å². The SMILES string of the molecule is CC(C)(C)OC(=O)[C@@H]1C(=C=O)CCN1CC=Cc1c[nH]cn1. The summed E-state index contributed by atoms with van der Waals surface area (Å²) in [5, 5.41) is 0. The van der Waals surface area contributed by atoms with Crippen LogP contribution in [0.15, 0.2) is 24.2 Å². The van der Waals surface area contributed by atoms with Crippen LogP contribution in [0.4, 0.5) is 0 Å². The number of likely N-dealkylation sites (tertiary alicyclic amines) is 1. The Morgan fingerprint density at radius 2 is 2.36 bits per heavy atom. The van der Waals surface area contributed by atoms with Crippen molar-refractivity contribution in [3.8, 4) is 0 Å². The third-order valence-corrected chi connectivity index (χ3v) is 3.27. The van der Waals surface area contributed by atoms with E-state index in [-0.39, 0.29) is 0 Å². The van der Waals surface area contributed by atoms with Crippen molar-refractivity contribution in [2.45, 2.75) is 38.8 Å². The van der Waals surface area contributed by atoms with Gasteiger partial charge >= 0.3 is 5.97 Å². The maximum Gasteiger partial charge on any atom is 0.328 e. The van der Waals surface area contributed by atoms with Crippen LogP contribution in [-0.4, -0.2) is 51.5 Å². The van der Waals surface area contributed by atoms with Crippen molar-refractivity contribution < 1.29 is 14.3 Å². The van der Waals surface area contributed by atoms with Crippen molar-refractivity contribution in [3.63, 3.8) is 0 Å². The number of rotatable bonds is 4. The first-order valence-electron chi connectivity index (χ1n) is 7.27. The molecule has 1 N–H and O–H groups in total. The van der Waals surface area contributed by atoms with Crippen LogP contribution >= 0.6 is 0 Å². The molecule has 0 unspecified atom stereocenters. The van der Waals surface area contributed by atoms with Crippen LogP contribution in [0.5, 0.6) is 0 Å². The van der Waals surface area contributed by atoms with Gasteiger partial charge in [-0.25, -0.2) is 14.6 Å². The summed E-state index contributed by atoms with van der Waals surface area (Å²) in [7, 11) is 0. The number of aromatic amines is 1. The van der Waals surface area contributed by atoms with E-state index in [0.29, 0.717) is 25.1 Å². The maximum absolute atomic E-state index is 12.3. The maximum atomic E-state index is 12.3. The fraction of sp³-hybridized carbons (Fsp3) is 0.500. The Morgan fingerprint density at radius 1 is 1.59 bits per heavy atom. The van der Waals surface area contributed by atoms with Gasteiger partial charge in [0.25, 0.3) is 0 Å². The summed E-state index contributed by atoms with van der Waals surface area (Å²) >= 11 is 0. The Labute approximate surface area is 129 Å². The minimum atomic E-state index is -0.638. The molecule has 0 amide bonds. The van der Waals surface area contributed by atoms with Crippen LogP contribution in [-0.2, 0) is 14.3 Å². The number of hydrogen-bond acceptors (Lipinski definition) is 5. The van der Waals surface area contributed by atoms with Gasteiger partial charge in [0.05, 0.1) is 12.0 Å². The lowest BCUT2D eigenvalue weighted by atomic mass is 10.1. The quantitative estimate of drug-likeness (QED) is 0.675. The number of carbonyl (C=O) groups excluding carboxylic acids is 2. The standard InChI is InChI=1S/C16H21N3O3/c1-16(2,3)22-15(21)14-12(10-20)6-8-19(14)7-4-5-13-9-17-11-18-13/h4-5,9,11,14H,6-8H2,1-3H3,(H,17,18)/t14-/m0/s1. The summed E-state index contributed by atoms with van der Waals surface area (Å²) in [4.78, 5) is 32.3. The van der Waals surface area contributed by atoms with E-state index in [9.17, 15) is 9.59 Å². The largest absolute Gasteiger partial charge is 0.459 e. The molecule has 0 aromatic carbocycles. The molecule has 6 heteroatoms. The fourth-order valence-corrected chi connectivity index (χ4v) is 2.37. The van der Waals surface area contributed by atoms with E-state index in [1.807, 2.05) is 43.8 Å². The Bertz CT molecular complexity index is 593. The molecule has 118 valence electrons. The molecule has 2 rings (SSSR count). The average Bonchev–Trinajstić information content (AvgIpc) is 3.05. The zero-order valence-corrected chi connectivity index (χ0v) is 13.1. The van der Waals surface area contributed by atoms with Gasteiger partial charge in [0.15, 0.2) is 0 Å². The summed E-state index contributed by atoms with van der Waals surface area (Å²) < 4.78 is 5.41. The molecule has 0 spiro atoms. The first-order valence-corrected chi connectivity index (χ1v) is 7.27. The molecule has 22 heavy (non-hydrogen) atoms. The zero-order chi connectivity index (χ0) is 16.2. The number of aromatic nitrogens is 2. The van der Waals surface area contributed by atoms with E-state index >= 15 is 0 Å². The normalized spacial score (nSPS) is 19.6. The van der Waals surface area contributed by atoms with Crippen molar-refractivity contribution in [2.24, 2.45) is 0 Å². The van der Waals surface area contributed by atoms with Gasteiger partial charge < -0.3 is 9.72 Å². The highest BCUT2D eigenvalue weighted by Crippen LogP contribution is 2.24. The van der Waals surface area contributed by atoms with Gasteiger partial charge in [-0.3, -0.25) is 4.90 Å². The number of carbonyl (C=O) groups is 1. The van der Waals surface area contributed by atoms with Gasteiger partial charge in [0.1, 0.15) is 17.6 Å². The van der Waals surface area contributed by atoms with Gasteiger partial charge in [0, 0.05) is 24.9 Å². The van der Waals surface area contributed by atoms with Crippen LogP contribution in [0.2, 0.25) is 0 Å². The van der Waals surface area contributed by atoms with Crippen LogP contribution in [0.1, 0.15) is 32.9 Å². The number of esters is 1. The summed E-state index contributed by atoms with van der Waals surface area (Å²) in [6.07, 6.45) is 7.71. The van der Waals surface area contributed by atoms with Gasteiger partial charge in [-0.05, 0) is 33.3 Å². The molecule has 1 atom stereocenters. The number of nitrogens with one attached hydrogen (secondary N) is 1. The average molecular weight is 303 g/mol. The second-order valence-corrected chi connectivity index (χ2v) is 6.20. The monoisotopic (exact) mass is 303 g/mol. The summed E-state index contributed by atoms with van der Waals surface area (Å²) in [5.41, 5.74) is 0.700. The lowest BCUT2D eigenvalue weighted by Crippen LogP contribution is -2.41. The van der Waals surface area contributed by atoms with E-state index in [4.69, 9.17) is 4.74 Å². The Hall–Kier alpha value is -2.17. The molecule has 0 saturated carbocycles. The third kappa shape index (κ3) is 4.16. The molecule has 0 aliphatic carbocycles. The number of ether oxygens (including phenoxy) is 1. The topological polar surface area (TPSA) is 75.3 Å². The van der Waals surface area contributed by atoms with Crippen molar-refractivity contribution in [1.29, 1.82) is 0 Å². The predicted molar refractivity (Wildman–Crippen MR) is 82.7 cm³/mol. The number of hydrogen-bond donors (Lipinski definition) is 1. The van der Waals surface area contributed by atoms with Crippen molar-refractivity contribution in [3.05, 3.63) is 29.9 Å². The van der Waals surface area contributed by atoms with Crippen LogP contribution in [0, 0.1) is 0 Å². The van der Waals surface area contributed by atoms with Crippen molar-refractivity contribution in [1.82, 2.24) is 14.9 Å². The Balaban J connectivity index is 2.06. The van der Waals surface area contributed by atoms with E-state index < -0.39 is 17.6 Å². The highest BCUT2D eigenvalue weighted by molar-refractivity contribution is 5.84. The van der Waals surface area contributed by atoms with Gasteiger partial charge in [-0.15, -0.1) is 0 Å². The smallest absolute Gasteiger partial charge is 0.328 e. The van der Waals surface area contributed by atoms with Crippen LogP contribution in [0.25, 0.3) is 6.08 Å². The highest BCUT2D eigenvalue weighted by Gasteiger charge is 2.38. The first-order chi connectivity index (χ1) is 10.4. The predicted octanol–water partition coefficient (Wildman–Crippen LogP) is 1.60. The molecular formula is C16H21N3O3. The molecule has 6 nitrogen and oxygen atoms in total. The van der Waals surface area contributed by atoms with E-state index in [0.717, 1.165) is 5.69 Å². The van der Waals surface area contributed by atoms with Gasteiger partial charge in [-0.1, -0.05) is 6.08 Å². The molecule has 1 saturated heterocycles. The number of imidazole rings is 1. The highest BCUT2D eigenvalue weighted by atomic mass is 16.6. The van der Waals surface area contributed by atoms with Crippen molar-refractivity contribution >= 4 is 18.0 Å². The fourth-order valence-electron chi connectivity index (χ4n) is 2.37. The molecule has 0 radical (unpaired) electrons. The number of H-pyrrole nitrogens is 1. The summed E-state index contributed by atoms with van der Waals surface area (Å²) in [5.74, 6) is 1.51. The minimum Gasteiger partial charge on any atom is -0.459 e. The third-order valence-electron chi connectivity index (χ3n) is 3.27. The lowest BCUT2D eigenvalue weighted by Gasteiger charge is -2.26. The van der Waals surface area contributed by atoms with Gasteiger partial charge in [-0.2, -0.15) is 0 Å². The molecule has 1 aromatic heterocycles. The van der Waals surface area contributed by atoms with Crippen LogP contribution < -0.4 is 0 Å². The molecule has 1 aliphatic rings. The number of nitrogens with zero attached hydrogens (tertiary/aromatic N) is 2. The van der Waals surface area contributed by atoms with Crippen molar-refractivity contribution in [2.75, 3.05) is 13.1 Å². The van der Waals surface area contributed by atoms with E-state index in [2.05, 4.69) is 9.97 Å². The molecule has 0 bridgehead atoms. The zero-order valence-electron chi connectivity index (χ0n) is 13.1. The minimum absolute atomic E-state index is 0.392.